The third-order valence-corrected chi connectivity index (χ3v) is 5.04. The van der Waals surface area contributed by atoms with Crippen LogP contribution in [-0.2, 0) is 4.79 Å². The van der Waals surface area contributed by atoms with Crippen LogP contribution in [0.25, 0.3) is 0 Å². The highest BCUT2D eigenvalue weighted by Gasteiger charge is 2.26. The molecular weight excluding hydrogens is 364 g/mol. The summed E-state index contributed by atoms with van der Waals surface area (Å²) in [6, 6.07) is 14.3. The monoisotopic (exact) mass is 386 g/mol. The molecule has 0 saturated carbocycles. The van der Waals surface area contributed by atoms with Crippen LogP contribution < -0.4 is 10.1 Å². The van der Waals surface area contributed by atoms with Crippen molar-refractivity contribution < 1.29 is 14.3 Å². The lowest BCUT2D eigenvalue weighted by molar-refractivity contribution is -0.117. The van der Waals surface area contributed by atoms with Crippen molar-refractivity contribution in [1.29, 1.82) is 0 Å². The van der Waals surface area contributed by atoms with Crippen molar-refractivity contribution in [2.75, 3.05) is 32.1 Å². The number of nitrogens with zero attached hydrogens (tertiary/aromatic N) is 1. The molecule has 0 atom stereocenters. The lowest BCUT2D eigenvalue weighted by atomic mass is 9.89. The van der Waals surface area contributed by atoms with Gasteiger partial charge in [0.2, 0.25) is 5.91 Å². The average Bonchev–Trinajstić information content (AvgIpc) is 2.68. The van der Waals surface area contributed by atoms with Crippen LogP contribution in [0.2, 0.25) is 5.02 Å². The second-order valence-corrected chi connectivity index (χ2v) is 7.14. The number of hydrogen-bond acceptors (Lipinski definition) is 4. The summed E-state index contributed by atoms with van der Waals surface area (Å²) in [6.45, 7) is 1.78. The van der Waals surface area contributed by atoms with Crippen molar-refractivity contribution in [3.05, 3.63) is 59.1 Å². The van der Waals surface area contributed by atoms with E-state index >= 15 is 0 Å². The molecular formula is C21H23ClN2O3. The van der Waals surface area contributed by atoms with Gasteiger partial charge in [0.15, 0.2) is 5.78 Å². The van der Waals surface area contributed by atoms with Gasteiger partial charge in [-0.25, -0.2) is 0 Å². The molecule has 27 heavy (non-hydrogen) atoms. The molecule has 6 heteroatoms. The summed E-state index contributed by atoms with van der Waals surface area (Å²) in [6.07, 6.45) is 1.52. The van der Waals surface area contributed by atoms with E-state index in [1.807, 2.05) is 30.3 Å². The number of rotatable bonds is 6. The van der Waals surface area contributed by atoms with Crippen LogP contribution in [0.3, 0.4) is 0 Å². The molecule has 5 nitrogen and oxygen atoms in total. The largest absolute Gasteiger partial charge is 0.497 e. The number of likely N-dealkylation sites (tertiary alicyclic amines) is 1. The fraction of sp³-hybridized carbons (Fsp3) is 0.333. The Balaban J connectivity index is 1.48. The number of halogens is 1. The summed E-state index contributed by atoms with van der Waals surface area (Å²) >= 11 is 5.93. The SMILES string of the molecule is COc1ccc(C(=O)C2CCN(CC(=O)Nc3cccc(Cl)c3)CC2)cc1. The molecule has 0 bridgehead atoms. The average molecular weight is 387 g/mol. The Bertz CT molecular complexity index is 799. The molecule has 0 aliphatic carbocycles. The van der Waals surface area contributed by atoms with Crippen LogP contribution in [0, 0.1) is 5.92 Å². The van der Waals surface area contributed by atoms with E-state index in [4.69, 9.17) is 16.3 Å². The van der Waals surface area contributed by atoms with Crippen molar-refractivity contribution in [2.24, 2.45) is 5.92 Å². The third kappa shape index (κ3) is 5.31. The molecule has 0 unspecified atom stereocenters. The molecule has 0 aromatic heterocycles. The first kappa shape index (κ1) is 19.4. The number of nitrogens with one attached hydrogen (secondary N) is 1. The highest BCUT2D eigenvalue weighted by atomic mass is 35.5. The molecule has 1 amide bonds. The smallest absolute Gasteiger partial charge is 0.238 e. The minimum absolute atomic E-state index is 0.00522. The van der Waals surface area contributed by atoms with Gasteiger partial charge in [-0.2, -0.15) is 0 Å². The Hall–Kier alpha value is -2.37. The number of ketones is 1. The van der Waals surface area contributed by atoms with Gasteiger partial charge in [-0.15, -0.1) is 0 Å². The van der Waals surface area contributed by atoms with E-state index in [1.54, 1.807) is 25.3 Å². The number of benzene rings is 2. The Labute approximate surface area is 164 Å². The number of hydrogen-bond donors (Lipinski definition) is 1. The van der Waals surface area contributed by atoms with Crippen LogP contribution >= 0.6 is 11.6 Å². The van der Waals surface area contributed by atoms with Crippen LogP contribution in [0.1, 0.15) is 23.2 Å². The molecule has 2 aromatic carbocycles. The number of Topliss-reactive ketones (excluding diaryl/α,β-unsaturated/α-hetero) is 1. The first-order valence-electron chi connectivity index (χ1n) is 9.01. The van der Waals surface area contributed by atoms with E-state index in [-0.39, 0.29) is 17.6 Å². The van der Waals surface area contributed by atoms with Gasteiger partial charge in [0.1, 0.15) is 5.75 Å². The number of amides is 1. The highest BCUT2D eigenvalue weighted by molar-refractivity contribution is 6.30. The fourth-order valence-electron chi connectivity index (χ4n) is 3.31. The van der Waals surface area contributed by atoms with E-state index in [9.17, 15) is 9.59 Å². The molecule has 1 heterocycles. The number of anilines is 1. The van der Waals surface area contributed by atoms with Gasteiger partial charge in [-0.3, -0.25) is 14.5 Å². The molecule has 2 aromatic rings. The van der Waals surface area contributed by atoms with Crippen LogP contribution in [0.15, 0.2) is 48.5 Å². The molecule has 1 fully saturated rings. The van der Waals surface area contributed by atoms with E-state index in [1.165, 1.54) is 0 Å². The first-order chi connectivity index (χ1) is 13.0. The first-order valence-corrected chi connectivity index (χ1v) is 9.39. The van der Waals surface area contributed by atoms with Gasteiger partial charge >= 0.3 is 0 Å². The van der Waals surface area contributed by atoms with E-state index in [2.05, 4.69) is 10.2 Å². The number of ether oxygens (including phenoxy) is 1. The van der Waals surface area contributed by atoms with Gasteiger partial charge < -0.3 is 10.1 Å². The molecule has 0 spiro atoms. The van der Waals surface area contributed by atoms with Crippen LogP contribution in [0.5, 0.6) is 5.75 Å². The molecule has 1 N–H and O–H groups in total. The van der Waals surface area contributed by atoms with Crippen molar-refractivity contribution >= 4 is 29.0 Å². The Morgan fingerprint density at radius 1 is 1.15 bits per heavy atom. The normalized spacial score (nSPS) is 15.3. The van der Waals surface area contributed by atoms with Crippen LogP contribution in [-0.4, -0.2) is 43.3 Å². The van der Waals surface area contributed by atoms with E-state index in [0.717, 1.165) is 31.7 Å². The summed E-state index contributed by atoms with van der Waals surface area (Å²) in [7, 11) is 1.61. The zero-order chi connectivity index (χ0) is 19.2. The standard InChI is InChI=1S/C21H23ClN2O3/c1-27-19-7-5-15(6-8-19)21(26)16-9-11-24(12-10-16)14-20(25)23-18-4-2-3-17(22)13-18/h2-8,13,16H,9-12,14H2,1H3,(H,23,25). The number of carbonyl (C=O) groups excluding carboxylic acids is 2. The van der Waals surface area contributed by atoms with E-state index in [0.29, 0.717) is 22.8 Å². The van der Waals surface area contributed by atoms with Gasteiger partial charge in [-0.1, -0.05) is 17.7 Å². The predicted octanol–water partition coefficient (Wildman–Crippen LogP) is 3.88. The second kappa shape index (κ2) is 9.02. The molecule has 0 radical (unpaired) electrons. The number of piperidine rings is 1. The fourth-order valence-corrected chi connectivity index (χ4v) is 3.50. The summed E-state index contributed by atoms with van der Waals surface area (Å²) < 4.78 is 5.13. The summed E-state index contributed by atoms with van der Waals surface area (Å²) in [4.78, 5) is 26.9. The quantitative estimate of drug-likeness (QED) is 0.765. The van der Waals surface area contributed by atoms with Crippen molar-refractivity contribution in [2.45, 2.75) is 12.8 Å². The lowest BCUT2D eigenvalue weighted by Gasteiger charge is -2.30. The zero-order valence-electron chi connectivity index (χ0n) is 15.3. The van der Waals surface area contributed by atoms with Crippen LogP contribution in [0.4, 0.5) is 5.69 Å². The minimum atomic E-state index is -0.0720. The topological polar surface area (TPSA) is 58.6 Å². The number of carbonyl (C=O) groups is 2. The van der Waals surface area contributed by atoms with E-state index < -0.39 is 0 Å². The lowest BCUT2D eigenvalue weighted by Crippen LogP contribution is -2.40. The Morgan fingerprint density at radius 2 is 1.85 bits per heavy atom. The van der Waals surface area contributed by atoms with Crippen molar-refractivity contribution in [1.82, 2.24) is 4.90 Å². The Morgan fingerprint density at radius 3 is 2.48 bits per heavy atom. The Kier molecular flexibility index (Phi) is 6.48. The van der Waals surface area contributed by atoms with Crippen molar-refractivity contribution in [3.63, 3.8) is 0 Å². The maximum atomic E-state index is 12.7. The maximum Gasteiger partial charge on any atom is 0.238 e. The van der Waals surface area contributed by atoms with Gasteiger partial charge in [0, 0.05) is 22.2 Å². The van der Waals surface area contributed by atoms with Gasteiger partial charge in [0.25, 0.3) is 0 Å². The predicted molar refractivity (Wildman–Crippen MR) is 107 cm³/mol. The minimum Gasteiger partial charge on any atom is -0.497 e. The number of methoxy groups -OCH3 is 1. The summed E-state index contributed by atoms with van der Waals surface area (Å²) in [5, 5.41) is 3.45. The summed E-state index contributed by atoms with van der Waals surface area (Å²) in [5.74, 6) is 0.843. The summed E-state index contributed by atoms with van der Waals surface area (Å²) in [5.41, 5.74) is 1.41. The molecule has 142 valence electrons. The van der Waals surface area contributed by atoms with Gasteiger partial charge in [0.05, 0.1) is 13.7 Å². The maximum absolute atomic E-state index is 12.7. The van der Waals surface area contributed by atoms with Gasteiger partial charge in [-0.05, 0) is 68.4 Å². The molecule has 1 aliphatic heterocycles. The molecule has 1 aliphatic rings. The molecule has 1 saturated heterocycles. The van der Waals surface area contributed by atoms with Crippen molar-refractivity contribution in [3.8, 4) is 5.75 Å². The highest BCUT2D eigenvalue weighted by Crippen LogP contribution is 2.23. The zero-order valence-corrected chi connectivity index (χ0v) is 16.0. The second-order valence-electron chi connectivity index (χ2n) is 6.70. The molecule has 3 rings (SSSR count). The third-order valence-electron chi connectivity index (χ3n) is 4.81.